The van der Waals surface area contributed by atoms with E-state index in [4.69, 9.17) is 23.7 Å². The highest BCUT2D eigenvalue weighted by Crippen LogP contribution is 2.17. The minimum Gasteiger partial charge on any atom is -0.491 e. The number of aliphatic hydroxyl groups is 1. The summed E-state index contributed by atoms with van der Waals surface area (Å²) in [6.07, 6.45) is -0.418. The molecule has 0 aliphatic heterocycles. The van der Waals surface area contributed by atoms with Gasteiger partial charge >= 0.3 is 5.97 Å². The Morgan fingerprint density at radius 3 is 2.00 bits per heavy atom. The number of carbonyl (C=O) groups excluding carboxylic acids is 2. The monoisotopic (exact) mass is 454 g/mol. The van der Waals surface area contributed by atoms with Crippen molar-refractivity contribution in [3.05, 3.63) is 29.8 Å². The third kappa shape index (κ3) is 11.0. The lowest BCUT2D eigenvalue weighted by atomic mass is 9.97. The van der Waals surface area contributed by atoms with Gasteiger partial charge < -0.3 is 28.8 Å². The molecule has 0 spiro atoms. The molecule has 1 rings (SSSR count). The number of ketones is 1. The van der Waals surface area contributed by atoms with Crippen LogP contribution in [0, 0.1) is 11.8 Å². The summed E-state index contributed by atoms with van der Waals surface area (Å²) in [4.78, 5) is 23.7. The Kier molecular flexibility index (Phi) is 12.4. The van der Waals surface area contributed by atoms with E-state index in [2.05, 4.69) is 0 Å². The molecule has 0 heterocycles. The van der Waals surface area contributed by atoms with Crippen LogP contribution in [0.5, 0.6) is 5.75 Å². The van der Waals surface area contributed by atoms with Crippen LogP contribution in [0.3, 0.4) is 0 Å². The maximum atomic E-state index is 12.0. The van der Waals surface area contributed by atoms with Gasteiger partial charge in [0.15, 0.2) is 12.1 Å². The number of hydrogen-bond donors (Lipinski definition) is 1. The molecule has 0 radical (unpaired) electrons. The van der Waals surface area contributed by atoms with Crippen molar-refractivity contribution in [2.75, 3.05) is 39.6 Å². The van der Waals surface area contributed by atoms with Crippen molar-refractivity contribution in [3.8, 4) is 5.75 Å². The lowest BCUT2D eigenvalue weighted by molar-refractivity contribution is -0.153. The highest BCUT2D eigenvalue weighted by Gasteiger charge is 2.25. The first kappa shape index (κ1) is 28.0. The molecule has 1 N–H and O–H groups in total. The molecule has 0 aliphatic carbocycles. The van der Waals surface area contributed by atoms with E-state index < -0.39 is 11.9 Å². The fourth-order valence-electron chi connectivity index (χ4n) is 2.46. The number of benzene rings is 1. The molecule has 2 atom stereocenters. The summed E-state index contributed by atoms with van der Waals surface area (Å²) in [5.74, 6) is 0.181. The molecule has 32 heavy (non-hydrogen) atoms. The molecule has 1 aromatic rings. The highest BCUT2D eigenvalue weighted by molar-refractivity contribution is 6.01. The number of hydrogen-bond acceptors (Lipinski definition) is 8. The Labute approximate surface area is 191 Å². The average Bonchev–Trinajstić information content (AvgIpc) is 2.74. The number of Topliss-reactive ketones (excluding diaryl/α,β-unsaturated/α-hetero) is 1. The van der Waals surface area contributed by atoms with E-state index in [1.807, 2.05) is 20.8 Å². The van der Waals surface area contributed by atoms with Gasteiger partial charge in [0.2, 0.25) is 0 Å². The summed E-state index contributed by atoms with van der Waals surface area (Å²) in [5.41, 5.74) is -0.982. The van der Waals surface area contributed by atoms with Gasteiger partial charge in [-0.2, -0.15) is 0 Å². The SMILES string of the molecule is CC(OCCOCCOC(=O)C(C)C(C)C)OCCOc1ccc(C(=O)C(C)(C)O)cc1. The van der Waals surface area contributed by atoms with E-state index in [0.29, 0.717) is 44.3 Å². The lowest BCUT2D eigenvalue weighted by Crippen LogP contribution is -2.30. The Bertz CT molecular complexity index is 678. The van der Waals surface area contributed by atoms with Gasteiger partial charge in [-0.15, -0.1) is 0 Å². The third-order valence-electron chi connectivity index (χ3n) is 4.80. The van der Waals surface area contributed by atoms with Gasteiger partial charge in [0.1, 0.15) is 24.6 Å². The Balaban J connectivity index is 2.08. The van der Waals surface area contributed by atoms with Crippen molar-refractivity contribution >= 4 is 11.8 Å². The zero-order chi connectivity index (χ0) is 24.1. The van der Waals surface area contributed by atoms with Gasteiger partial charge in [0, 0.05) is 5.56 Å². The molecule has 1 aromatic carbocycles. The van der Waals surface area contributed by atoms with E-state index in [-0.39, 0.29) is 30.2 Å². The molecular formula is C24H38O8. The molecule has 0 fully saturated rings. The van der Waals surface area contributed by atoms with Crippen LogP contribution < -0.4 is 4.74 Å². The van der Waals surface area contributed by atoms with Crippen molar-refractivity contribution in [1.29, 1.82) is 0 Å². The van der Waals surface area contributed by atoms with Gasteiger partial charge in [0.25, 0.3) is 0 Å². The zero-order valence-electron chi connectivity index (χ0n) is 20.1. The molecule has 0 saturated carbocycles. The van der Waals surface area contributed by atoms with Crippen molar-refractivity contribution in [2.24, 2.45) is 11.8 Å². The third-order valence-corrected chi connectivity index (χ3v) is 4.80. The predicted octanol–water partition coefficient (Wildman–Crippen LogP) is 3.25. The van der Waals surface area contributed by atoms with Crippen LogP contribution in [0.1, 0.15) is 51.9 Å². The first-order chi connectivity index (χ1) is 15.0. The van der Waals surface area contributed by atoms with Crippen LogP contribution in [-0.4, -0.2) is 68.4 Å². The van der Waals surface area contributed by atoms with E-state index in [9.17, 15) is 14.7 Å². The summed E-state index contributed by atoms with van der Waals surface area (Å²) in [5, 5.41) is 9.77. The van der Waals surface area contributed by atoms with Gasteiger partial charge in [-0.3, -0.25) is 9.59 Å². The van der Waals surface area contributed by atoms with Crippen LogP contribution in [0.2, 0.25) is 0 Å². The maximum absolute atomic E-state index is 12.0. The molecule has 0 aliphatic rings. The summed E-state index contributed by atoms with van der Waals surface area (Å²) < 4.78 is 27.1. The molecule has 0 aromatic heterocycles. The second-order valence-corrected chi connectivity index (χ2v) is 8.38. The lowest BCUT2D eigenvalue weighted by Gasteiger charge is -2.16. The van der Waals surface area contributed by atoms with Crippen LogP contribution in [0.15, 0.2) is 24.3 Å². The van der Waals surface area contributed by atoms with Gasteiger partial charge in [-0.05, 0) is 51.0 Å². The highest BCUT2D eigenvalue weighted by atomic mass is 16.7. The number of esters is 1. The number of carbonyl (C=O) groups is 2. The van der Waals surface area contributed by atoms with Gasteiger partial charge in [-0.1, -0.05) is 20.8 Å². The molecule has 0 bridgehead atoms. The largest absolute Gasteiger partial charge is 0.491 e. The normalized spacial score (nSPS) is 13.6. The second-order valence-electron chi connectivity index (χ2n) is 8.38. The van der Waals surface area contributed by atoms with E-state index in [1.54, 1.807) is 31.2 Å². The summed E-state index contributed by atoms with van der Waals surface area (Å²) in [6.45, 7) is 12.4. The van der Waals surface area contributed by atoms with Crippen molar-refractivity contribution in [3.63, 3.8) is 0 Å². The second kappa shape index (κ2) is 14.2. The van der Waals surface area contributed by atoms with Crippen molar-refractivity contribution in [1.82, 2.24) is 0 Å². The average molecular weight is 455 g/mol. The molecule has 0 saturated heterocycles. The minimum absolute atomic E-state index is 0.123. The summed E-state index contributed by atoms with van der Waals surface area (Å²) in [6, 6.07) is 6.59. The molecule has 182 valence electrons. The quantitative estimate of drug-likeness (QED) is 0.176. The molecule has 2 unspecified atom stereocenters. The fourth-order valence-corrected chi connectivity index (χ4v) is 2.46. The number of rotatable bonds is 16. The first-order valence-electron chi connectivity index (χ1n) is 11.0. The molecule has 8 nitrogen and oxygen atoms in total. The standard InChI is InChI=1S/C24H38O8/c1-17(2)18(3)23(26)32-14-12-28-11-13-29-19(4)30-15-16-31-21-9-7-20(8-10-21)22(25)24(5,6)27/h7-10,17-19,27H,11-16H2,1-6H3. The molecule has 0 amide bonds. The van der Waals surface area contributed by atoms with Crippen LogP contribution in [0.4, 0.5) is 0 Å². The van der Waals surface area contributed by atoms with E-state index >= 15 is 0 Å². The van der Waals surface area contributed by atoms with E-state index in [1.165, 1.54) is 13.8 Å². The predicted molar refractivity (Wildman–Crippen MR) is 120 cm³/mol. The van der Waals surface area contributed by atoms with Crippen LogP contribution >= 0.6 is 0 Å². The fraction of sp³-hybridized carbons (Fsp3) is 0.667. The molecular weight excluding hydrogens is 416 g/mol. The summed E-state index contributed by atoms with van der Waals surface area (Å²) in [7, 11) is 0. The Morgan fingerprint density at radius 2 is 1.44 bits per heavy atom. The van der Waals surface area contributed by atoms with Crippen LogP contribution in [0.25, 0.3) is 0 Å². The van der Waals surface area contributed by atoms with Gasteiger partial charge in [0.05, 0.1) is 32.3 Å². The minimum atomic E-state index is -1.41. The smallest absolute Gasteiger partial charge is 0.308 e. The van der Waals surface area contributed by atoms with Crippen molar-refractivity contribution < 1.29 is 38.4 Å². The maximum Gasteiger partial charge on any atom is 0.308 e. The topological polar surface area (TPSA) is 101 Å². The van der Waals surface area contributed by atoms with Gasteiger partial charge in [-0.25, -0.2) is 0 Å². The Morgan fingerprint density at radius 1 is 0.875 bits per heavy atom. The van der Waals surface area contributed by atoms with Crippen molar-refractivity contribution in [2.45, 2.75) is 53.4 Å². The van der Waals surface area contributed by atoms with Crippen LogP contribution in [-0.2, 0) is 23.7 Å². The molecule has 8 heteroatoms. The Hall–Kier alpha value is -2.00. The number of ether oxygens (including phenoxy) is 5. The zero-order valence-corrected chi connectivity index (χ0v) is 20.1. The summed E-state index contributed by atoms with van der Waals surface area (Å²) >= 11 is 0. The van der Waals surface area contributed by atoms with E-state index in [0.717, 1.165) is 0 Å². The first-order valence-corrected chi connectivity index (χ1v) is 11.0.